The second-order valence-electron chi connectivity index (χ2n) is 4.99. The van der Waals surface area contributed by atoms with Crippen LogP contribution in [0, 0.1) is 5.82 Å². The summed E-state index contributed by atoms with van der Waals surface area (Å²) >= 11 is 3.13. The quantitative estimate of drug-likeness (QED) is 0.661. The standard InChI is InChI=1S/C16H16BrFN2O4S/c1-24-9-8-19-25(22,23)13-5-2-11(3-6-13)16(21)20-15-7-4-12(17)10-14(15)18/h2-7,10,19H,8-9H2,1H3,(H,20,21). The van der Waals surface area contributed by atoms with Gasteiger partial charge in [0.25, 0.3) is 5.91 Å². The minimum atomic E-state index is -3.67. The Labute approximate surface area is 153 Å². The Hall–Kier alpha value is -1.81. The van der Waals surface area contributed by atoms with Gasteiger partial charge in [-0.15, -0.1) is 0 Å². The summed E-state index contributed by atoms with van der Waals surface area (Å²) < 4.78 is 45.5. The first-order valence-electron chi connectivity index (χ1n) is 7.18. The van der Waals surface area contributed by atoms with E-state index >= 15 is 0 Å². The maximum absolute atomic E-state index is 13.8. The number of hydrogen-bond acceptors (Lipinski definition) is 4. The third-order valence-corrected chi connectivity index (χ3v) is 5.17. The van der Waals surface area contributed by atoms with E-state index in [1.165, 1.54) is 43.5 Å². The number of amides is 1. The lowest BCUT2D eigenvalue weighted by atomic mass is 10.2. The lowest BCUT2D eigenvalue weighted by molar-refractivity contribution is 0.102. The predicted octanol–water partition coefficient (Wildman–Crippen LogP) is 2.77. The summed E-state index contributed by atoms with van der Waals surface area (Å²) in [7, 11) is -2.20. The zero-order valence-electron chi connectivity index (χ0n) is 13.3. The monoisotopic (exact) mass is 430 g/mol. The number of halogens is 2. The zero-order valence-corrected chi connectivity index (χ0v) is 15.7. The molecule has 25 heavy (non-hydrogen) atoms. The van der Waals surface area contributed by atoms with Crippen LogP contribution in [0.15, 0.2) is 51.8 Å². The summed E-state index contributed by atoms with van der Waals surface area (Å²) in [6.45, 7) is 0.391. The third kappa shape index (κ3) is 5.33. The number of rotatable bonds is 7. The van der Waals surface area contributed by atoms with Gasteiger partial charge in [0, 0.05) is 23.7 Å². The highest BCUT2D eigenvalue weighted by molar-refractivity contribution is 9.10. The molecule has 134 valence electrons. The Kier molecular flexibility index (Phi) is 6.65. The van der Waals surface area contributed by atoms with Gasteiger partial charge in [-0.25, -0.2) is 17.5 Å². The highest BCUT2D eigenvalue weighted by Crippen LogP contribution is 2.20. The van der Waals surface area contributed by atoms with E-state index in [4.69, 9.17) is 4.74 Å². The van der Waals surface area contributed by atoms with Gasteiger partial charge in [0.05, 0.1) is 17.2 Å². The molecule has 2 aromatic carbocycles. The number of carbonyl (C=O) groups is 1. The van der Waals surface area contributed by atoms with Crippen molar-refractivity contribution in [3.05, 3.63) is 58.3 Å². The summed E-state index contributed by atoms with van der Waals surface area (Å²) in [5, 5.41) is 2.44. The molecular weight excluding hydrogens is 415 g/mol. The molecule has 2 N–H and O–H groups in total. The van der Waals surface area contributed by atoms with Crippen LogP contribution in [0.2, 0.25) is 0 Å². The summed E-state index contributed by atoms with van der Waals surface area (Å²) in [6.07, 6.45) is 0. The Morgan fingerprint density at radius 1 is 1.20 bits per heavy atom. The fourth-order valence-electron chi connectivity index (χ4n) is 1.93. The molecule has 0 unspecified atom stereocenters. The van der Waals surface area contributed by atoms with Gasteiger partial charge in [0.2, 0.25) is 10.0 Å². The van der Waals surface area contributed by atoms with Crippen molar-refractivity contribution in [2.75, 3.05) is 25.6 Å². The van der Waals surface area contributed by atoms with Crippen molar-refractivity contribution in [1.29, 1.82) is 0 Å². The minimum Gasteiger partial charge on any atom is -0.383 e. The van der Waals surface area contributed by atoms with E-state index < -0.39 is 21.7 Å². The van der Waals surface area contributed by atoms with Gasteiger partial charge < -0.3 is 10.1 Å². The van der Waals surface area contributed by atoms with E-state index in [2.05, 4.69) is 26.0 Å². The summed E-state index contributed by atoms with van der Waals surface area (Å²) in [4.78, 5) is 12.2. The Morgan fingerprint density at radius 2 is 1.88 bits per heavy atom. The molecule has 2 rings (SSSR count). The Bertz CT molecular complexity index is 857. The van der Waals surface area contributed by atoms with Gasteiger partial charge in [-0.05, 0) is 42.5 Å². The molecule has 0 heterocycles. The molecule has 0 fully saturated rings. The first kappa shape index (κ1) is 19.5. The van der Waals surface area contributed by atoms with E-state index in [0.29, 0.717) is 4.47 Å². The molecule has 0 aromatic heterocycles. The van der Waals surface area contributed by atoms with E-state index in [1.54, 1.807) is 6.07 Å². The largest absolute Gasteiger partial charge is 0.383 e. The molecule has 0 aliphatic rings. The molecular formula is C16H16BrFN2O4S. The predicted molar refractivity (Wildman–Crippen MR) is 95.6 cm³/mol. The molecule has 0 aliphatic carbocycles. The van der Waals surface area contributed by atoms with Gasteiger partial charge in [-0.2, -0.15) is 0 Å². The average molecular weight is 431 g/mol. The van der Waals surface area contributed by atoms with Crippen molar-refractivity contribution in [2.24, 2.45) is 0 Å². The number of sulfonamides is 1. The van der Waals surface area contributed by atoms with Gasteiger partial charge >= 0.3 is 0 Å². The van der Waals surface area contributed by atoms with Crippen molar-refractivity contribution in [3.8, 4) is 0 Å². The lowest BCUT2D eigenvalue weighted by Gasteiger charge is -2.09. The third-order valence-electron chi connectivity index (χ3n) is 3.20. The Balaban J connectivity index is 2.09. The van der Waals surface area contributed by atoms with Crippen molar-refractivity contribution in [1.82, 2.24) is 4.72 Å². The number of hydrogen-bond donors (Lipinski definition) is 2. The number of anilines is 1. The molecule has 0 bridgehead atoms. The van der Waals surface area contributed by atoms with Gasteiger partial charge in [0.1, 0.15) is 5.82 Å². The van der Waals surface area contributed by atoms with Crippen molar-refractivity contribution < 1.29 is 22.3 Å². The maximum atomic E-state index is 13.8. The maximum Gasteiger partial charge on any atom is 0.255 e. The van der Waals surface area contributed by atoms with Crippen LogP contribution in [0.1, 0.15) is 10.4 Å². The molecule has 0 saturated heterocycles. The zero-order chi connectivity index (χ0) is 18.4. The van der Waals surface area contributed by atoms with E-state index in [-0.39, 0.29) is 29.3 Å². The van der Waals surface area contributed by atoms with E-state index in [0.717, 1.165) is 0 Å². The van der Waals surface area contributed by atoms with Crippen LogP contribution in [0.4, 0.5) is 10.1 Å². The van der Waals surface area contributed by atoms with Gasteiger partial charge in [0.15, 0.2) is 0 Å². The summed E-state index contributed by atoms with van der Waals surface area (Å²) in [6, 6.07) is 9.59. The second kappa shape index (κ2) is 8.52. The van der Waals surface area contributed by atoms with Crippen LogP contribution in [0.25, 0.3) is 0 Å². The molecule has 0 spiro atoms. The number of nitrogens with one attached hydrogen (secondary N) is 2. The van der Waals surface area contributed by atoms with Crippen molar-refractivity contribution >= 4 is 37.5 Å². The topological polar surface area (TPSA) is 84.5 Å². The summed E-state index contributed by atoms with van der Waals surface area (Å²) in [5.74, 6) is -1.12. The van der Waals surface area contributed by atoms with Crippen LogP contribution in [0.5, 0.6) is 0 Å². The number of carbonyl (C=O) groups excluding carboxylic acids is 1. The van der Waals surface area contributed by atoms with Gasteiger partial charge in [-0.3, -0.25) is 4.79 Å². The molecule has 1 amide bonds. The normalized spacial score (nSPS) is 11.3. The summed E-state index contributed by atoms with van der Waals surface area (Å²) in [5.41, 5.74) is 0.240. The second-order valence-corrected chi connectivity index (χ2v) is 7.68. The fourth-order valence-corrected chi connectivity index (χ4v) is 3.28. The van der Waals surface area contributed by atoms with E-state index in [1.807, 2.05) is 0 Å². The molecule has 2 aromatic rings. The Morgan fingerprint density at radius 3 is 2.48 bits per heavy atom. The van der Waals surface area contributed by atoms with Crippen LogP contribution < -0.4 is 10.0 Å². The highest BCUT2D eigenvalue weighted by Gasteiger charge is 2.15. The fraction of sp³-hybridized carbons (Fsp3) is 0.188. The van der Waals surface area contributed by atoms with Crippen LogP contribution in [0.3, 0.4) is 0 Å². The molecule has 0 atom stereocenters. The highest BCUT2D eigenvalue weighted by atomic mass is 79.9. The molecule has 9 heteroatoms. The number of methoxy groups -OCH3 is 1. The van der Waals surface area contributed by atoms with Crippen molar-refractivity contribution in [3.63, 3.8) is 0 Å². The smallest absolute Gasteiger partial charge is 0.255 e. The van der Waals surface area contributed by atoms with Gasteiger partial charge in [-0.1, -0.05) is 15.9 Å². The lowest BCUT2D eigenvalue weighted by Crippen LogP contribution is -2.27. The van der Waals surface area contributed by atoms with E-state index in [9.17, 15) is 17.6 Å². The van der Waals surface area contributed by atoms with Crippen LogP contribution in [-0.2, 0) is 14.8 Å². The van der Waals surface area contributed by atoms with Crippen LogP contribution >= 0.6 is 15.9 Å². The molecule has 0 aliphatic heterocycles. The first-order valence-corrected chi connectivity index (χ1v) is 9.46. The molecule has 0 radical (unpaired) electrons. The number of ether oxygens (including phenoxy) is 1. The molecule has 0 saturated carbocycles. The van der Waals surface area contributed by atoms with Crippen molar-refractivity contribution in [2.45, 2.75) is 4.90 Å². The minimum absolute atomic E-state index is 0.0231. The first-order chi connectivity index (χ1) is 11.8. The number of benzene rings is 2. The van der Waals surface area contributed by atoms with Crippen LogP contribution in [-0.4, -0.2) is 34.6 Å². The average Bonchev–Trinajstić information content (AvgIpc) is 2.57. The molecule has 6 nitrogen and oxygen atoms in total. The SMILES string of the molecule is COCCNS(=O)(=O)c1ccc(C(=O)Nc2ccc(Br)cc2F)cc1.